The van der Waals surface area contributed by atoms with Crippen LogP contribution in [0.3, 0.4) is 0 Å². The fourth-order valence-corrected chi connectivity index (χ4v) is 3.49. The predicted molar refractivity (Wildman–Crippen MR) is 122 cm³/mol. The Labute approximate surface area is 184 Å². The molecule has 32 heavy (non-hydrogen) atoms. The Balaban J connectivity index is 1.69. The second-order valence-corrected chi connectivity index (χ2v) is 7.08. The number of carbonyl (C=O) groups is 3. The first-order valence-electron chi connectivity index (χ1n) is 10.1. The van der Waals surface area contributed by atoms with Gasteiger partial charge in [0.15, 0.2) is 0 Å². The van der Waals surface area contributed by atoms with E-state index in [9.17, 15) is 14.4 Å². The molecule has 0 aliphatic heterocycles. The third kappa shape index (κ3) is 4.09. The molecule has 0 radical (unpaired) electrons. The lowest BCUT2D eigenvalue weighted by molar-refractivity contribution is -0.112. The molecule has 4 rings (SSSR count). The van der Waals surface area contributed by atoms with Crippen LogP contribution in [-0.2, 0) is 4.79 Å². The van der Waals surface area contributed by atoms with Gasteiger partial charge in [-0.2, -0.15) is 0 Å². The Kier molecular flexibility index (Phi) is 5.72. The number of hydrogen-bond donors (Lipinski definition) is 2. The van der Waals surface area contributed by atoms with Gasteiger partial charge in [0.1, 0.15) is 11.4 Å². The fourth-order valence-electron chi connectivity index (χ4n) is 3.49. The Morgan fingerprint density at radius 1 is 0.969 bits per heavy atom. The number of Topliss-reactive ketones (excluding diaryl/α,β-unsaturated/α-hetero) is 1. The number of nitrogens with one attached hydrogen (secondary N) is 1. The van der Waals surface area contributed by atoms with E-state index < -0.39 is 17.6 Å². The number of benzene rings is 2. The van der Waals surface area contributed by atoms with Crippen LogP contribution in [0.4, 0.5) is 5.69 Å². The van der Waals surface area contributed by atoms with Gasteiger partial charge in [-0.3, -0.25) is 14.4 Å². The Morgan fingerprint density at radius 2 is 1.69 bits per heavy atom. The number of pyridine rings is 1. The van der Waals surface area contributed by atoms with Gasteiger partial charge in [-0.1, -0.05) is 18.2 Å². The quantitative estimate of drug-likeness (QED) is 0.345. The maximum absolute atomic E-state index is 13.2. The molecule has 0 bridgehead atoms. The zero-order chi connectivity index (χ0) is 22.7. The molecule has 0 aliphatic rings. The highest BCUT2D eigenvalue weighted by Gasteiger charge is 2.25. The van der Waals surface area contributed by atoms with E-state index in [4.69, 9.17) is 10.5 Å². The molecule has 0 atom stereocenters. The average Bonchev–Trinajstić information content (AvgIpc) is 3.19. The summed E-state index contributed by atoms with van der Waals surface area (Å²) in [5, 5.41) is 2.59. The number of nitrogens with zero attached hydrogens (tertiary/aromatic N) is 1. The molecule has 0 spiro atoms. The van der Waals surface area contributed by atoms with Gasteiger partial charge in [0, 0.05) is 28.5 Å². The van der Waals surface area contributed by atoms with Crippen LogP contribution in [0.25, 0.3) is 16.6 Å². The zero-order valence-electron chi connectivity index (χ0n) is 17.4. The van der Waals surface area contributed by atoms with Gasteiger partial charge in [0.25, 0.3) is 11.7 Å². The van der Waals surface area contributed by atoms with Crippen molar-refractivity contribution in [2.45, 2.75) is 6.92 Å². The maximum Gasteiger partial charge on any atom is 0.298 e. The smallest absolute Gasteiger partial charge is 0.298 e. The average molecular weight is 427 g/mol. The van der Waals surface area contributed by atoms with Crippen molar-refractivity contribution in [3.05, 3.63) is 90.3 Å². The molecule has 0 aliphatic carbocycles. The van der Waals surface area contributed by atoms with Gasteiger partial charge in [0.2, 0.25) is 5.91 Å². The summed E-state index contributed by atoms with van der Waals surface area (Å²) in [6, 6.07) is 20.8. The monoisotopic (exact) mass is 427 g/mol. The molecule has 2 aromatic heterocycles. The minimum Gasteiger partial charge on any atom is -0.494 e. The van der Waals surface area contributed by atoms with Crippen LogP contribution in [-0.4, -0.2) is 28.6 Å². The van der Waals surface area contributed by atoms with E-state index in [1.807, 2.05) is 49.4 Å². The van der Waals surface area contributed by atoms with Crippen molar-refractivity contribution in [2.75, 3.05) is 11.9 Å². The summed E-state index contributed by atoms with van der Waals surface area (Å²) in [7, 11) is 0. The summed E-state index contributed by atoms with van der Waals surface area (Å²) in [5.74, 6) is -1.31. The Hall–Kier alpha value is -4.39. The van der Waals surface area contributed by atoms with Crippen molar-refractivity contribution < 1.29 is 19.1 Å². The van der Waals surface area contributed by atoms with Crippen molar-refractivity contribution in [3.63, 3.8) is 0 Å². The molecule has 2 heterocycles. The third-order valence-electron chi connectivity index (χ3n) is 5.00. The standard InChI is InChI=1S/C25H21N3O4/c1-2-32-20-12-8-16(9-13-20)21-15-19-5-3-4-14-28(19)22(21)23(29)25(31)27-18-10-6-17(7-11-18)24(26)30/h3-15H,2H2,1H3,(H2,26,30)(H,27,31). The van der Waals surface area contributed by atoms with Crippen molar-refractivity contribution in [2.24, 2.45) is 5.73 Å². The van der Waals surface area contributed by atoms with Gasteiger partial charge >= 0.3 is 0 Å². The van der Waals surface area contributed by atoms with E-state index in [0.29, 0.717) is 23.4 Å². The molecule has 0 saturated carbocycles. The van der Waals surface area contributed by atoms with E-state index in [2.05, 4.69) is 5.32 Å². The maximum atomic E-state index is 13.2. The lowest BCUT2D eigenvalue weighted by Gasteiger charge is -2.09. The summed E-state index contributed by atoms with van der Waals surface area (Å²) in [6.07, 6.45) is 1.75. The lowest BCUT2D eigenvalue weighted by Crippen LogP contribution is -2.24. The van der Waals surface area contributed by atoms with Gasteiger partial charge < -0.3 is 20.2 Å². The first-order chi connectivity index (χ1) is 15.5. The van der Waals surface area contributed by atoms with E-state index in [0.717, 1.165) is 16.8 Å². The molecule has 2 aromatic carbocycles. The molecular formula is C25H21N3O4. The number of anilines is 1. The third-order valence-corrected chi connectivity index (χ3v) is 5.00. The van der Waals surface area contributed by atoms with Crippen LogP contribution in [0, 0.1) is 0 Å². The number of aromatic nitrogens is 1. The number of hydrogen-bond acceptors (Lipinski definition) is 4. The predicted octanol–water partition coefficient (Wildman–Crippen LogP) is 3.93. The first kappa shape index (κ1) is 20.9. The normalized spacial score (nSPS) is 10.7. The van der Waals surface area contributed by atoms with Crippen molar-refractivity contribution in [1.29, 1.82) is 0 Å². The lowest BCUT2D eigenvalue weighted by atomic mass is 10.0. The number of rotatable bonds is 7. The number of ether oxygens (including phenoxy) is 1. The van der Waals surface area contributed by atoms with Gasteiger partial charge in [-0.25, -0.2) is 0 Å². The second kappa shape index (κ2) is 8.77. The second-order valence-electron chi connectivity index (χ2n) is 7.08. The molecule has 0 saturated heterocycles. The molecular weight excluding hydrogens is 406 g/mol. The van der Waals surface area contributed by atoms with Crippen molar-refractivity contribution in [3.8, 4) is 16.9 Å². The highest BCUT2D eigenvalue weighted by atomic mass is 16.5. The first-order valence-corrected chi connectivity index (χ1v) is 10.1. The van der Waals surface area contributed by atoms with Gasteiger partial charge in [0.05, 0.1) is 6.61 Å². The Bertz CT molecular complexity index is 1310. The minimum absolute atomic E-state index is 0.260. The zero-order valence-corrected chi connectivity index (χ0v) is 17.4. The van der Waals surface area contributed by atoms with Crippen LogP contribution >= 0.6 is 0 Å². The van der Waals surface area contributed by atoms with Crippen LogP contribution in [0.2, 0.25) is 0 Å². The minimum atomic E-state index is -0.784. The van der Waals surface area contributed by atoms with E-state index in [1.165, 1.54) is 24.3 Å². The van der Waals surface area contributed by atoms with E-state index in [1.54, 1.807) is 16.7 Å². The number of carbonyl (C=O) groups excluding carboxylic acids is 3. The van der Waals surface area contributed by atoms with Gasteiger partial charge in [-0.05, 0) is 67.1 Å². The van der Waals surface area contributed by atoms with E-state index in [-0.39, 0.29) is 5.69 Å². The Morgan fingerprint density at radius 3 is 2.34 bits per heavy atom. The number of amides is 2. The molecule has 7 nitrogen and oxygen atoms in total. The van der Waals surface area contributed by atoms with Gasteiger partial charge in [-0.15, -0.1) is 0 Å². The molecule has 4 aromatic rings. The summed E-state index contributed by atoms with van der Waals surface area (Å²) < 4.78 is 7.19. The van der Waals surface area contributed by atoms with Crippen LogP contribution in [0.1, 0.15) is 27.8 Å². The number of primary amides is 1. The number of ketones is 1. The molecule has 160 valence electrons. The van der Waals surface area contributed by atoms with Crippen molar-refractivity contribution in [1.82, 2.24) is 4.40 Å². The molecule has 2 amide bonds. The molecule has 0 unspecified atom stereocenters. The highest BCUT2D eigenvalue weighted by Crippen LogP contribution is 2.30. The van der Waals surface area contributed by atoms with E-state index >= 15 is 0 Å². The largest absolute Gasteiger partial charge is 0.494 e. The highest BCUT2D eigenvalue weighted by molar-refractivity contribution is 6.47. The molecule has 7 heteroatoms. The molecule has 0 fully saturated rings. The van der Waals surface area contributed by atoms with Crippen LogP contribution in [0.5, 0.6) is 5.75 Å². The fraction of sp³-hybridized carbons (Fsp3) is 0.0800. The van der Waals surface area contributed by atoms with Crippen LogP contribution < -0.4 is 15.8 Å². The summed E-state index contributed by atoms with van der Waals surface area (Å²) in [4.78, 5) is 37.3. The summed E-state index contributed by atoms with van der Waals surface area (Å²) in [6.45, 7) is 2.46. The van der Waals surface area contributed by atoms with Crippen LogP contribution in [0.15, 0.2) is 79.0 Å². The topological polar surface area (TPSA) is 103 Å². The SMILES string of the molecule is CCOc1ccc(-c2cc3ccccn3c2C(=O)C(=O)Nc2ccc(C(N)=O)cc2)cc1. The number of nitrogens with two attached hydrogens (primary N) is 1. The van der Waals surface area contributed by atoms with Crippen molar-refractivity contribution >= 4 is 28.8 Å². The summed E-state index contributed by atoms with van der Waals surface area (Å²) in [5.41, 5.74) is 8.42. The number of fused-ring (bicyclic) bond motifs is 1. The molecule has 3 N–H and O–H groups in total. The summed E-state index contributed by atoms with van der Waals surface area (Å²) >= 11 is 0.